The Labute approximate surface area is 114 Å². The molecule has 18 heavy (non-hydrogen) atoms. The molecule has 0 spiro atoms. The van der Waals surface area contributed by atoms with Crippen molar-refractivity contribution < 1.29 is 14.6 Å². The molecule has 2 atom stereocenters. The average molecular weight is 315 g/mol. The molecule has 6 heteroatoms. The van der Waals surface area contributed by atoms with Gasteiger partial charge >= 0.3 is 0 Å². The van der Waals surface area contributed by atoms with Gasteiger partial charge in [0.15, 0.2) is 0 Å². The summed E-state index contributed by atoms with van der Waals surface area (Å²) in [7, 11) is 0. The molecule has 0 radical (unpaired) electrons. The highest BCUT2D eigenvalue weighted by Gasteiger charge is 2.39. The third-order valence-electron chi connectivity index (χ3n) is 3.19. The molecule has 1 aromatic rings. The first kappa shape index (κ1) is 13.5. The van der Waals surface area contributed by atoms with Gasteiger partial charge in [0, 0.05) is 30.2 Å². The zero-order chi connectivity index (χ0) is 13.2. The first-order valence-corrected chi connectivity index (χ1v) is 6.55. The molecule has 1 aliphatic rings. The molecule has 0 aromatic carbocycles. The quantitative estimate of drug-likeness (QED) is 0.877. The van der Waals surface area contributed by atoms with Crippen LogP contribution in [0.4, 0.5) is 0 Å². The average Bonchev–Trinajstić information content (AvgIpc) is 2.68. The molecule has 2 unspecified atom stereocenters. The molecule has 1 aliphatic heterocycles. The van der Waals surface area contributed by atoms with Crippen LogP contribution in [0.1, 0.15) is 23.8 Å². The van der Waals surface area contributed by atoms with Crippen LogP contribution in [0.25, 0.3) is 0 Å². The molecule has 2 heterocycles. The van der Waals surface area contributed by atoms with Gasteiger partial charge in [-0.05, 0) is 35.0 Å². The van der Waals surface area contributed by atoms with Gasteiger partial charge in [-0.25, -0.2) is 4.98 Å². The summed E-state index contributed by atoms with van der Waals surface area (Å²) < 4.78 is 5.93. The van der Waals surface area contributed by atoms with Gasteiger partial charge in [-0.15, -0.1) is 0 Å². The lowest BCUT2D eigenvalue weighted by Gasteiger charge is -2.26. The number of hydrogen-bond donors (Lipinski definition) is 2. The first-order valence-electron chi connectivity index (χ1n) is 5.75. The highest BCUT2D eigenvalue weighted by atomic mass is 79.9. The second-order valence-corrected chi connectivity index (χ2v) is 5.24. The summed E-state index contributed by atoms with van der Waals surface area (Å²) >= 11 is 3.27. The van der Waals surface area contributed by atoms with Gasteiger partial charge in [-0.3, -0.25) is 4.79 Å². The third kappa shape index (κ3) is 2.71. The summed E-state index contributed by atoms with van der Waals surface area (Å²) in [5.41, 5.74) is -0.677. The maximum atomic E-state index is 11.9. The van der Waals surface area contributed by atoms with E-state index in [0.29, 0.717) is 23.2 Å². The lowest BCUT2D eigenvalue weighted by atomic mass is 9.97. The Morgan fingerprint density at radius 3 is 3.17 bits per heavy atom. The Kier molecular flexibility index (Phi) is 3.99. The molecule has 1 aromatic heterocycles. The van der Waals surface area contributed by atoms with Crippen molar-refractivity contribution in [2.24, 2.45) is 0 Å². The molecule has 1 fully saturated rings. The Morgan fingerprint density at radius 1 is 1.78 bits per heavy atom. The number of hydrogen-bond acceptors (Lipinski definition) is 4. The maximum absolute atomic E-state index is 11.9. The number of ether oxygens (including phenoxy) is 1. The second-order valence-electron chi connectivity index (χ2n) is 4.38. The lowest BCUT2D eigenvalue weighted by molar-refractivity contribution is -0.0252. The van der Waals surface area contributed by atoms with Gasteiger partial charge in [0.1, 0.15) is 11.3 Å². The van der Waals surface area contributed by atoms with Crippen LogP contribution in [-0.2, 0) is 4.74 Å². The summed E-state index contributed by atoms with van der Waals surface area (Å²) in [5.74, 6) is -0.310. The van der Waals surface area contributed by atoms with Crippen molar-refractivity contribution in [1.82, 2.24) is 10.3 Å². The highest BCUT2D eigenvalue weighted by Crippen LogP contribution is 2.24. The van der Waals surface area contributed by atoms with Crippen LogP contribution in [0.3, 0.4) is 0 Å². The van der Waals surface area contributed by atoms with Crippen LogP contribution < -0.4 is 5.32 Å². The third-order valence-corrected chi connectivity index (χ3v) is 3.83. The SMILES string of the molecule is CC1OCCC1(O)CNC(=O)c1ncccc1Br. The van der Waals surface area contributed by atoms with E-state index in [0.717, 1.165) is 0 Å². The van der Waals surface area contributed by atoms with E-state index in [4.69, 9.17) is 4.74 Å². The normalized spacial score (nSPS) is 27.2. The van der Waals surface area contributed by atoms with E-state index in [2.05, 4.69) is 26.2 Å². The number of carbonyl (C=O) groups is 1. The van der Waals surface area contributed by atoms with Crippen molar-refractivity contribution in [2.45, 2.75) is 25.0 Å². The Morgan fingerprint density at radius 2 is 2.56 bits per heavy atom. The molecule has 5 nitrogen and oxygen atoms in total. The number of nitrogens with zero attached hydrogens (tertiary/aromatic N) is 1. The fourth-order valence-electron chi connectivity index (χ4n) is 1.87. The first-order chi connectivity index (χ1) is 8.53. The fraction of sp³-hybridized carbons (Fsp3) is 0.500. The smallest absolute Gasteiger partial charge is 0.271 e. The zero-order valence-electron chi connectivity index (χ0n) is 10.0. The van der Waals surface area contributed by atoms with E-state index < -0.39 is 5.60 Å². The number of pyridine rings is 1. The molecule has 0 aliphatic carbocycles. The van der Waals surface area contributed by atoms with E-state index in [-0.39, 0.29) is 18.6 Å². The molecular weight excluding hydrogens is 300 g/mol. The number of carbonyl (C=O) groups excluding carboxylic acids is 1. The predicted molar refractivity (Wildman–Crippen MR) is 69.3 cm³/mol. The minimum Gasteiger partial charge on any atom is -0.385 e. The highest BCUT2D eigenvalue weighted by molar-refractivity contribution is 9.10. The van der Waals surface area contributed by atoms with E-state index in [1.54, 1.807) is 25.3 Å². The summed E-state index contributed by atoms with van der Waals surface area (Å²) in [6.45, 7) is 2.48. The number of nitrogens with one attached hydrogen (secondary N) is 1. The second kappa shape index (κ2) is 5.34. The maximum Gasteiger partial charge on any atom is 0.271 e. The van der Waals surface area contributed by atoms with Crippen LogP contribution >= 0.6 is 15.9 Å². The minimum absolute atomic E-state index is 0.163. The monoisotopic (exact) mass is 314 g/mol. The van der Waals surface area contributed by atoms with Gasteiger partial charge in [0.25, 0.3) is 5.91 Å². The van der Waals surface area contributed by atoms with Crippen LogP contribution in [0.5, 0.6) is 0 Å². The zero-order valence-corrected chi connectivity index (χ0v) is 11.6. The van der Waals surface area contributed by atoms with Crippen molar-refractivity contribution in [1.29, 1.82) is 0 Å². The molecule has 98 valence electrons. The van der Waals surface area contributed by atoms with Gasteiger partial charge < -0.3 is 15.2 Å². The van der Waals surface area contributed by atoms with Crippen LogP contribution in [0.15, 0.2) is 22.8 Å². The number of aliphatic hydroxyl groups is 1. The van der Waals surface area contributed by atoms with Crippen molar-refractivity contribution in [3.05, 3.63) is 28.5 Å². The summed E-state index contributed by atoms with van der Waals surface area (Å²) in [6, 6.07) is 3.49. The summed E-state index contributed by atoms with van der Waals surface area (Å²) in [5, 5.41) is 12.9. The topological polar surface area (TPSA) is 71.5 Å². The largest absolute Gasteiger partial charge is 0.385 e. The lowest BCUT2D eigenvalue weighted by Crippen LogP contribution is -2.47. The molecule has 2 N–H and O–H groups in total. The number of rotatable bonds is 3. The summed E-state index contributed by atoms with van der Waals surface area (Å²) in [4.78, 5) is 15.9. The van der Waals surface area contributed by atoms with Gasteiger partial charge in [0.2, 0.25) is 0 Å². The Balaban J connectivity index is 1.99. The standard InChI is InChI=1S/C12H15BrN2O3/c1-8-12(17,4-6-18-8)7-15-11(16)10-9(13)3-2-5-14-10/h2-3,5,8,17H,4,6-7H2,1H3,(H,15,16). The molecule has 1 saturated heterocycles. The van der Waals surface area contributed by atoms with E-state index in [1.165, 1.54) is 0 Å². The van der Waals surface area contributed by atoms with Crippen LogP contribution in [0.2, 0.25) is 0 Å². The van der Waals surface area contributed by atoms with E-state index >= 15 is 0 Å². The molecular formula is C12H15BrN2O3. The Bertz CT molecular complexity index is 455. The van der Waals surface area contributed by atoms with E-state index in [9.17, 15) is 9.90 Å². The minimum atomic E-state index is -0.989. The van der Waals surface area contributed by atoms with E-state index in [1.807, 2.05) is 0 Å². The predicted octanol–water partition coefficient (Wildman–Crippen LogP) is 1.11. The van der Waals surface area contributed by atoms with Gasteiger partial charge in [0.05, 0.1) is 6.10 Å². The molecule has 1 amide bonds. The number of aromatic nitrogens is 1. The summed E-state index contributed by atoms with van der Waals surface area (Å²) in [6.07, 6.45) is 1.80. The molecule has 0 bridgehead atoms. The Hall–Kier alpha value is -0.980. The van der Waals surface area contributed by atoms with Crippen LogP contribution in [-0.4, -0.2) is 40.9 Å². The molecule has 2 rings (SSSR count). The van der Waals surface area contributed by atoms with Gasteiger partial charge in [-0.1, -0.05) is 0 Å². The molecule has 0 saturated carbocycles. The van der Waals surface area contributed by atoms with Crippen LogP contribution in [0, 0.1) is 0 Å². The van der Waals surface area contributed by atoms with Crippen molar-refractivity contribution >= 4 is 21.8 Å². The number of halogens is 1. The fourth-order valence-corrected chi connectivity index (χ4v) is 2.31. The van der Waals surface area contributed by atoms with Crippen molar-refractivity contribution in [2.75, 3.05) is 13.2 Å². The number of amides is 1. The van der Waals surface area contributed by atoms with Crippen molar-refractivity contribution in [3.8, 4) is 0 Å². The van der Waals surface area contributed by atoms with Crippen molar-refractivity contribution in [3.63, 3.8) is 0 Å². The van der Waals surface area contributed by atoms with Gasteiger partial charge in [-0.2, -0.15) is 0 Å².